The minimum Gasteiger partial charge on any atom is -0.339 e. The van der Waals surface area contributed by atoms with Gasteiger partial charge >= 0.3 is 0 Å². The van der Waals surface area contributed by atoms with Crippen molar-refractivity contribution in [2.75, 3.05) is 50.7 Å². The quantitative estimate of drug-likeness (QED) is 0.852. The van der Waals surface area contributed by atoms with Crippen molar-refractivity contribution in [1.82, 2.24) is 19.8 Å². The number of piperazine rings is 1. The first-order valence-electron chi connectivity index (χ1n) is 9.53. The Morgan fingerprint density at radius 3 is 2.41 bits per heavy atom. The second kappa shape index (κ2) is 8.02. The Morgan fingerprint density at radius 2 is 1.70 bits per heavy atom. The minimum absolute atomic E-state index is 0.00317. The summed E-state index contributed by atoms with van der Waals surface area (Å²) in [6, 6.07) is 12.1. The molecule has 4 rings (SSSR count). The molecule has 27 heavy (non-hydrogen) atoms. The van der Waals surface area contributed by atoms with E-state index < -0.39 is 0 Å². The van der Waals surface area contributed by atoms with Crippen LogP contribution in [0.1, 0.15) is 11.5 Å². The Bertz CT molecular complexity index is 748. The second-order valence-corrected chi connectivity index (χ2v) is 7.29. The van der Waals surface area contributed by atoms with Crippen molar-refractivity contribution in [2.24, 2.45) is 5.73 Å². The molecule has 2 saturated heterocycles. The third kappa shape index (κ3) is 4.09. The number of nitrogens with two attached hydrogens (primary N) is 1. The number of rotatable bonds is 4. The van der Waals surface area contributed by atoms with Crippen LogP contribution in [0.15, 0.2) is 48.8 Å². The van der Waals surface area contributed by atoms with Gasteiger partial charge in [-0.3, -0.25) is 9.69 Å². The standard InChI is InChI=1S/C20H26N6O/c21-18-14-26(13-17(18)16-5-2-1-3-6-16)19(27)15-24-9-11-25(12-10-24)20-22-7-4-8-23-20/h1-8,17-18H,9-15,21H2/t17-,18+/m0/s1. The first-order valence-corrected chi connectivity index (χ1v) is 9.53. The van der Waals surface area contributed by atoms with Crippen molar-refractivity contribution in [2.45, 2.75) is 12.0 Å². The summed E-state index contributed by atoms with van der Waals surface area (Å²) in [4.78, 5) is 27.7. The van der Waals surface area contributed by atoms with Gasteiger partial charge in [0, 0.05) is 63.6 Å². The molecule has 3 heterocycles. The zero-order valence-corrected chi connectivity index (χ0v) is 15.4. The molecule has 7 nitrogen and oxygen atoms in total. The predicted molar refractivity (Wildman–Crippen MR) is 104 cm³/mol. The highest BCUT2D eigenvalue weighted by Gasteiger charge is 2.34. The molecule has 2 N–H and O–H groups in total. The zero-order chi connectivity index (χ0) is 18.6. The van der Waals surface area contributed by atoms with Gasteiger partial charge < -0.3 is 15.5 Å². The molecule has 0 bridgehead atoms. The normalized spacial score (nSPS) is 23.6. The Balaban J connectivity index is 1.29. The Hall–Kier alpha value is -2.51. The number of amides is 1. The highest BCUT2D eigenvalue weighted by Crippen LogP contribution is 2.26. The first-order chi connectivity index (χ1) is 13.2. The van der Waals surface area contributed by atoms with Crippen LogP contribution < -0.4 is 10.6 Å². The van der Waals surface area contributed by atoms with E-state index in [1.165, 1.54) is 5.56 Å². The molecule has 7 heteroatoms. The fourth-order valence-electron chi connectivity index (χ4n) is 3.94. The molecule has 0 aliphatic carbocycles. The van der Waals surface area contributed by atoms with Gasteiger partial charge in [0.15, 0.2) is 0 Å². The summed E-state index contributed by atoms with van der Waals surface area (Å²) < 4.78 is 0. The fraction of sp³-hybridized carbons (Fsp3) is 0.450. The van der Waals surface area contributed by atoms with Crippen molar-refractivity contribution < 1.29 is 4.79 Å². The van der Waals surface area contributed by atoms with Crippen molar-refractivity contribution in [1.29, 1.82) is 0 Å². The number of anilines is 1. The summed E-state index contributed by atoms with van der Waals surface area (Å²) in [6.45, 7) is 5.15. The summed E-state index contributed by atoms with van der Waals surface area (Å²) in [5.74, 6) is 1.16. The van der Waals surface area contributed by atoms with Gasteiger partial charge in [0.1, 0.15) is 0 Å². The summed E-state index contributed by atoms with van der Waals surface area (Å²) >= 11 is 0. The van der Waals surface area contributed by atoms with Crippen LogP contribution in [0.4, 0.5) is 5.95 Å². The molecule has 2 aromatic rings. The average Bonchev–Trinajstić information content (AvgIpc) is 3.12. The molecule has 0 radical (unpaired) electrons. The predicted octanol–water partition coefficient (Wildman–Crippen LogP) is 0.552. The topological polar surface area (TPSA) is 78.6 Å². The van der Waals surface area contributed by atoms with Crippen molar-refractivity contribution >= 4 is 11.9 Å². The highest BCUT2D eigenvalue weighted by molar-refractivity contribution is 5.79. The lowest BCUT2D eigenvalue weighted by Gasteiger charge is -2.34. The number of hydrogen-bond acceptors (Lipinski definition) is 6. The Kier molecular flexibility index (Phi) is 5.31. The van der Waals surface area contributed by atoms with Gasteiger partial charge in [-0.25, -0.2) is 9.97 Å². The molecule has 2 aliphatic rings. The van der Waals surface area contributed by atoms with E-state index in [9.17, 15) is 4.79 Å². The van der Waals surface area contributed by atoms with Gasteiger partial charge in [-0.1, -0.05) is 30.3 Å². The third-order valence-corrected chi connectivity index (χ3v) is 5.51. The summed E-state index contributed by atoms with van der Waals surface area (Å²) in [5, 5.41) is 0. The molecular weight excluding hydrogens is 340 g/mol. The Labute approximate surface area is 159 Å². The Morgan fingerprint density at radius 1 is 1.00 bits per heavy atom. The number of benzene rings is 1. The first kappa shape index (κ1) is 17.9. The van der Waals surface area contributed by atoms with Crippen LogP contribution >= 0.6 is 0 Å². The second-order valence-electron chi connectivity index (χ2n) is 7.29. The molecule has 2 aliphatic heterocycles. The maximum absolute atomic E-state index is 12.8. The molecule has 1 amide bonds. The van der Waals surface area contributed by atoms with Crippen LogP contribution in [0.3, 0.4) is 0 Å². The number of carbonyl (C=O) groups is 1. The van der Waals surface area contributed by atoms with E-state index in [-0.39, 0.29) is 17.9 Å². The average molecular weight is 366 g/mol. The van der Waals surface area contributed by atoms with E-state index in [0.717, 1.165) is 32.1 Å². The van der Waals surface area contributed by atoms with E-state index in [0.29, 0.717) is 19.6 Å². The molecule has 0 saturated carbocycles. The van der Waals surface area contributed by atoms with Crippen LogP contribution in [0.5, 0.6) is 0 Å². The van der Waals surface area contributed by atoms with Crippen molar-refractivity contribution in [3.05, 3.63) is 54.4 Å². The lowest BCUT2D eigenvalue weighted by Crippen LogP contribution is -2.50. The van der Waals surface area contributed by atoms with Crippen LogP contribution in [-0.2, 0) is 4.79 Å². The van der Waals surface area contributed by atoms with E-state index in [1.54, 1.807) is 12.4 Å². The van der Waals surface area contributed by atoms with Gasteiger partial charge in [-0.2, -0.15) is 0 Å². The summed E-state index contributed by atoms with van der Waals surface area (Å²) in [5.41, 5.74) is 7.55. The molecule has 0 unspecified atom stereocenters. The van der Waals surface area contributed by atoms with E-state index in [4.69, 9.17) is 5.73 Å². The van der Waals surface area contributed by atoms with Gasteiger partial charge in [0.25, 0.3) is 0 Å². The molecule has 2 fully saturated rings. The highest BCUT2D eigenvalue weighted by atomic mass is 16.2. The maximum Gasteiger partial charge on any atom is 0.236 e. The van der Waals surface area contributed by atoms with E-state index in [1.807, 2.05) is 29.2 Å². The summed E-state index contributed by atoms with van der Waals surface area (Å²) in [7, 11) is 0. The summed E-state index contributed by atoms with van der Waals surface area (Å²) in [6.07, 6.45) is 3.52. The largest absolute Gasteiger partial charge is 0.339 e. The molecule has 2 atom stereocenters. The monoisotopic (exact) mass is 366 g/mol. The number of carbonyl (C=O) groups excluding carboxylic acids is 1. The molecule has 0 spiro atoms. The maximum atomic E-state index is 12.8. The molecule has 1 aromatic carbocycles. The van der Waals surface area contributed by atoms with Crippen molar-refractivity contribution in [3.63, 3.8) is 0 Å². The smallest absolute Gasteiger partial charge is 0.236 e. The molecular formula is C20H26N6O. The van der Waals surface area contributed by atoms with E-state index in [2.05, 4.69) is 31.9 Å². The van der Waals surface area contributed by atoms with Gasteiger partial charge in [-0.15, -0.1) is 0 Å². The zero-order valence-electron chi connectivity index (χ0n) is 15.4. The van der Waals surface area contributed by atoms with Crippen molar-refractivity contribution in [3.8, 4) is 0 Å². The molecule has 1 aromatic heterocycles. The number of likely N-dealkylation sites (tertiary alicyclic amines) is 1. The van der Waals surface area contributed by atoms with Crippen LogP contribution in [0.25, 0.3) is 0 Å². The third-order valence-electron chi connectivity index (χ3n) is 5.51. The SMILES string of the molecule is N[C@@H]1CN(C(=O)CN2CCN(c3ncccn3)CC2)C[C@H]1c1ccccc1. The lowest BCUT2D eigenvalue weighted by molar-refractivity contribution is -0.131. The molecule has 142 valence electrons. The van der Waals surface area contributed by atoms with Crippen LogP contribution in [0, 0.1) is 0 Å². The van der Waals surface area contributed by atoms with Gasteiger partial charge in [0.05, 0.1) is 6.54 Å². The number of aromatic nitrogens is 2. The number of nitrogens with zero attached hydrogens (tertiary/aromatic N) is 5. The van der Waals surface area contributed by atoms with E-state index >= 15 is 0 Å². The van der Waals surface area contributed by atoms with Crippen LogP contribution in [-0.4, -0.2) is 77.5 Å². The lowest BCUT2D eigenvalue weighted by atomic mass is 9.95. The fourth-order valence-corrected chi connectivity index (χ4v) is 3.94. The van der Waals surface area contributed by atoms with Gasteiger partial charge in [0.2, 0.25) is 11.9 Å². The number of hydrogen-bond donors (Lipinski definition) is 1. The van der Waals surface area contributed by atoms with Crippen LogP contribution in [0.2, 0.25) is 0 Å². The minimum atomic E-state index is 0.00317. The van der Waals surface area contributed by atoms with Gasteiger partial charge in [-0.05, 0) is 11.6 Å².